The Morgan fingerprint density at radius 2 is 0.800 bits per heavy atom. The van der Waals surface area contributed by atoms with E-state index in [-0.39, 0.29) is 24.4 Å². The van der Waals surface area contributed by atoms with Crippen LogP contribution in [-0.2, 0) is 38.1 Å². The number of carbonyl (C=O) groups is 4. The number of hydrogen-bond acceptors (Lipinski definition) is 14. The Balaban J connectivity index is 1.67. The van der Waals surface area contributed by atoms with Gasteiger partial charge >= 0.3 is 11.9 Å². The standard InChI is InChI=1S/C46H72O14/c1-29-23-25-39-33(5)37(49)27-35(47)21-17-13-10-8-12-16-20-32(4)58-44(54)42(52)46(56)30(2)24-26-40(60-46)34(6)38(50)28-36(48)22-18-14-9-7-11-15-19-31(3)57-43(53)41(51)45(29,55)59-39/h7-14,29-36,39-42,47-48,51-52,55-56H,15-28H2,1-6H3/b11-7-,12-8-,13-10-,14-9-/t29-,30-,31-,32+,33-,34+,35-,36+,39+,40+,41+,42+,45-,46-/m1/s1. The van der Waals surface area contributed by atoms with E-state index in [1.807, 2.05) is 36.5 Å². The van der Waals surface area contributed by atoms with E-state index in [0.717, 1.165) is 0 Å². The van der Waals surface area contributed by atoms with Crippen LogP contribution in [0.3, 0.4) is 0 Å². The Morgan fingerprint density at radius 3 is 1.13 bits per heavy atom. The number of ketones is 2. The van der Waals surface area contributed by atoms with Gasteiger partial charge in [-0.15, -0.1) is 0 Å². The number of fused-ring (bicyclic) bond motifs is 4. The maximum atomic E-state index is 13.1. The van der Waals surface area contributed by atoms with Gasteiger partial charge < -0.3 is 49.6 Å². The molecule has 0 unspecified atom stereocenters. The van der Waals surface area contributed by atoms with Crippen LogP contribution in [0.15, 0.2) is 48.6 Å². The van der Waals surface area contributed by atoms with Crippen LogP contribution >= 0.6 is 0 Å². The maximum absolute atomic E-state index is 13.1. The molecule has 0 aromatic rings. The number of aliphatic hydroxyl groups is 6. The molecule has 340 valence electrons. The molecule has 0 radical (unpaired) electrons. The van der Waals surface area contributed by atoms with Gasteiger partial charge in [0.25, 0.3) is 0 Å². The summed E-state index contributed by atoms with van der Waals surface area (Å²) in [7, 11) is 0. The first-order chi connectivity index (χ1) is 28.3. The molecule has 14 heteroatoms. The summed E-state index contributed by atoms with van der Waals surface area (Å²) in [5.74, 6) is -9.77. The minimum absolute atomic E-state index is 0.124. The molecule has 14 nitrogen and oxygen atoms in total. The fourth-order valence-corrected chi connectivity index (χ4v) is 7.82. The van der Waals surface area contributed by atoms with Crippen molar-refractivity contribution in [1.82, 2.24) is 0 Å². The number of carbonyl (C=O) groups excluding carboxylic acids is 4. The minimum atomic E-state index is -2.26. The molecule has 0 aromatic heterocycles. The predicted octanol–water partition coefficient (Wildman–Crippen LogP) is 4.85. The molecular weight excluding hydrogens is 776 g/mol. The molecule has 0 amide bonds. The van der Waals surface area contributed by atoms with Crippen LogP contribution in [0.4, 0.5) is 0 Å². The maximum Gasteiger partial charge on any atom is 0.340 e. The Morgan fingerprint density at radius 1 is 0.483 bits per heavy atom. The number of aliphatic hydroxyl groups excluding tert-OH is 4. The third kappa shape index (κ3) is 15.1. The van der Waals surface area contributed by atoms with Crippen molar-refractivity contribution in [2.24, 2.45) is 23.7 Å². The largest absolute Gasteiger partial charge is 0.461 e. The summed E-state index contributed by atoms with van der Waals surface area (Å²) >= 11 is 0. The second-order valence-corrected chi connectivity index (χ2v) is 17.3. The molecular formula is C46H72O14. The Kier molecular flexibility index (Phi) is 21.0. The second kappa shape index (κ2) is 24.5. The fourth-order valence-electron chi connectivity index (χ4n) is 7.82. The molecule has 0 spiro atoms. The first kappa shape index (κ1) is 51.3. The average Bonchev–Trinajstić information content (AvgIpc) is 3.20. The number of cyclic esters (lactones) is 2. The summed E-state index contributed by atoms with van der Waals surface area (Å²) < 4.78 is 22.7. The van der Waals surface area contributed by atoms with E-state index < -0.39 is 96.0 Å². The third-order valence-electron chi connectivity index (χ3n) is 12.3. The quantitative estimate of drug-likeness (QED) is 0.179. The van der Waals surface area contributed by atoms with Gasteiger partial charge in [0.05, 0.1) is 36.6 Å². The highest BCUT2D eigenvalue weighted by Gasteiger charge is 2.53. The SMILES string of the molecule is C[C@@H]1CC/C=C\C=C/CC[C@H](O)CC(=O)[C@H](C)[C@@H]2CC[C@@H](C)[C@@](O)(O2)[C@@H](O)C(=O)O[C@@H](C)CC/C=C\C=C/CC[C@@H](O)CC(=O)[C@@H](C)[C@@H]2CC[C@@H](C)[C@@](O)(O2)[C@@H](O)C(=O)O1. The van der Waals surface area contributed by atoms with Crippen LogP contribution in [0.2, 0.25) is 0 Å². The van der Waals surface area contributed by atoms with E-state index in [9.17, 15) is 49.8 Å². The van der Waals surface area contributed by atoms with Gasteiger partial charge in [-0.25, -0.2) is 9.59 Å². The van der Waals surface area contributed by atoms with Gasteiger partial charge in [-0.2, -0.15) is 0 Å². The van der Waals surface area contributed by atoms with E-state index in [1.54, 1.807) is 53.7 Å². The summed E-state index contributed by atoms with van der Waals surface area (Å²) in [4.78, 5) is 52.2. The lowest BCUT2D eigenvalue weighted by Gasteiger charge is -2.45. The van der Waals surface area contributed by atoms with Crippen LogP contribution < -0.4 is 0 Å². The predicted molar refractivity (Wildman–Crippen MR) is 223 cm³/mol. The highest BCUT2D eigenvalue weighted by Crippen LogP contribution is 2.39. The first-order valence-electron chi connectivity index (χ1n) is 21.9. The van der Waals surface area contributed by atoms with Crippen molar-refractivity contribution in [1.29, 1.82) is 0 Å². The van der Waals surface area contributed by atoms with Crippen molar-refractivity contribution in [2.75, 3.05) is 0 Å². The zero-order chi connectivity index (χ0) is 44.6. The molecule has 3 rings (SSSR count). The number of esters is 2. The van der Waals surface area contributed by atoms with Crippen molar-refractivity contribution in [3.05, 3.63) is 48.6 Å². The van der Waals surface area contributed by atoms with E-state index in [1.165, 1.54) is 0 Å². The highest BCUT2D eigenvalue weighted by molar-refractivity contribution is 5.82. The molecule has 4 bridgehead atoms. The van der Waals surface area contributed by atoms with Gasteiger partial charge in [-0.05, 0) is 90.9 Å². The van der Waals surface area contributed by atoms with Gasteiger partial charge in [0.15, 0.2) is 0 Å². The van der Waals surface area contributed by atoms with Gasteiger partial charge in [-0.3, -0.25) is 9.59 Å². The molecule has 0 saturated carbocycles. The molecule has 60 heavy (non-hydrogen) atoms. The lowest BCUT2D eigenvalue weighted by Crippen LogP contribution is -2.59. The van der Waals surface area contributed by atoms with E-state index in [2.05, 4.69) is 0 Å². The Labute approximate surface area is 355 Å². The number of Topliss-reactive ketones (excluding diaryl/α,β-unsaturated/α-hetero) is 2. The van der Waals surface area contributed by atoms with Crippen LogP contribution in [0.5, 0.6) is 0 Å². The minimum Gasteiger partial charge on any atom is -0.461 e. The average molecular weight is 849 g/mol. The first-order valence-corrected chi connectivity index (χ1v) is 21.9. The van der Waals surface area contributed by atoms with Crippen molar-refractivity contribution >= 4 is 23.5 Å². The van der Waals surface area contributed by atoms with Gasteiger partial charge in [0, 0.05) is 36.5 Å². The zero-order valence-corrected chi connectivity index (χ0v) is 36.4. The van der Waals surface area contributed by atoms with Crippen molar-refractivity contribution in [2.45, 2.75) is 192 Å². The zero-order valence-electron chi connectivity index (χ0n) is 36.4. The van der Waals surface area contributed by atoms with Gasteiger partial charge in [0.2, 0.25) is 23.8 Å². The topological polar surface area (TPSA) is 227 Å². The number of rotatable bonds is 0. The summed E-state index contributed by atoms with van der Waals surface area (Å²) in [6.45, 7) is 9.96. The lowest BCUT2D eigenvalue weighted by atomic mass is 9.82. The normalized spacial score (nSPS) is 42.3. The smallest absolute Gasteiger partial charge is 0.340 e. The molecule has 0 aliphatic carbocycles. The third-order valence-corrected chi connectivity index (χ3v) is 12.3. The molecule has 3 heterocycles. The molecule has 3 aliphatic heterocycles. The molecule has 6 N–H and O–H groups in total. The lowest BCUT2D eigenvalue weighted by molar-refractivity contribution is -0.322. The van der Waals surface area contributed by atoms with Gasteiger partial charge in [0.1, 0.15) is 11.6 Å². The van der Waals surface area contributed by atoms with Crippen LogP contribution in [0.25, 0.3) is 0 Å². The van der Waals surface area contributed by atoms with E-state index >= 15 is 0 Å². The number of ether oxygens (including phenoxy) is 4. The van der Waals surface area contributed by atoms with Gasteiger partial charge in [-0.1, -0.05) is 76.3 Å². The van der Waals surface area contributed by atoms with Crippen LogP contribution in [0, 0.1) is 23.7 Å². The van der Waals surface area contributed by atoms with Crippen molar-refractivity contribution < 1.29 is 68.8 Å². The van der Waals surface area contributed by atoms with Crippen LogP contribution in [-0.4, -0.2) is 115 Å². The number of allylic oxidation sites excluding steroid dienone is 8. The molecule has 3 aliphatic rings. The molecule has 0 aromatic carbocycles. The Hall–Kier alpha value is -3.08. The van der Waals surface area contributed by atoms with E-state index in [4.69, 9.17) is 18.9 Å². The fraction of sp³-hybridized carbons (Fsp3) is 0.739. The molecule has 14 atom stereocenters. The molecule has 2 saturated heterocycles. The highest BCUT2D eigenvalue weighted by atomic mass is 16.7. The number of hydrogen-bond donors (Lipinski definition) is 6. The summed E-state index contributed by atoms with van der Waals surface area (Å²) in [6.07, 6.45) is 11.1. The monoisotopic (exact) mass is 848 g/mol. The van der Waals surface area contributed by atoms with Crippen molar-refractivity contribution in [3.63, 3.8) is 0 Å². The Bertz CT molecular complexity index is 1400. The molecule has 2 fully saturated rings. The summed E-state index contributed by atoms with van der Waals surface area (Å²) in [6, 6.07) is 0. The van der Waals surface area contributed by atoms with Crippen LogP contribution in [0.1, 0.15) is 131 Å². The summed E-state index contributed by atoms with van der Waals surface area (Å²) in [5.41, 5.74) is 0. The second-order valence-electron chi connectivity index (χ2n) is 17.3. The summed E-state index contributed by atoms with van der Waals surface area (Å²) in [5, 5.41) is 66.0. The van der Waals surface area contributed by atoms with E-state index in [0.29, 0.717) is 77.0 Å². The van der Waals surface area contributed by atoms with Crippen molar-refractivity contribution in [3.8, 4) is 0 Å².